The lowest BCUT2D eigenvalue weighted by atomic mass is 9.78. The number of aromatic nitrogens is 1. The quantitative estimate of drug-likeness (QED) is 0.803. The van der Waals surface area contributed by atoms with Gasteiger partial charge in [-0.15, -0.1) is 0 Å². The molecule has 0 aromatic carbocycles. The van der Waals surface area contributed by atoms with E-state index in [1.165, 1.54) is 37.7 Å². The summed E-state index contributed by atoms with van der Waals surface area (Å²) >= 11 is 0. The first-order chi connectivity index (χ1) is 9.63. The molecule has 20 heavy (non-hydrogen) atoms. The lowest BCUT2D eigenvalue weighted by Gasteiger charge is -2.31. The van der Waals surface area contributed by atoms with E-state index in [9.17, 15) is 0 Å². The van der Waals surface area contributed by atoms with Gasteiger partial charge in [-0.2, -0.15) is 0 Å². The van der Waals surface area contributed by atoms with Crippen molar-refractivity contribution in [3.63, 3.8) is 0 Å². The summed E-state index contributed by atoms with van der Waals surface area (Å²) in [5, 5.41) is 3.67. The van der Waals surface area contributed by atoms with Gasteiger partial charge in [0.1, 0.15) is 0 Å². The molecule has 0 aliphatic heterocycles. The summed E-state index contributed by atoms with van der Waals surface area (Å²) in [6.07, 6.45) is 8.80. The third-order valence-corrected chi connectivity index (χ3v) is 4.42. The molecule has 3 N–H and O–H groups in total. The SMILES string of the molecule is CC(C)CC1(CNCc2ccnc(CN)c2)CCCC1. The lowest BCUT2D eigenvalue weighted by molar-refractivity contribution is 0.223. The maximum absolute atomic E-state index is 5.64. The number of nitrogens with two attached hydrogens (primary N) is 1. The third-order valence-electron chi connectivity index (χ3n) is 4.42. The van der Waals surface area contributed by atoms with E-state index in [1.807, 2.05) is 6.20 Å². The van der Waals surface area contributed by atoms with Crippen LogP contribution in [0.2, 0.25) is 0 Å². The zero-order chi connectivity index (χ0) is 14.4. The van der Waals surface area contributed by atoms with Gasteiger partial charge >= 0.3 is 0 Å². The summed E-state index contributed by atoms with van der Waals surface area (Å²) in [6, 6.07) is 4.19. The van der Waals surface area contributed by atoms with Gasteiger partial charge in [-0.1, -0.05) is 26.7 Å². The standard InChI is InChI=1S/C17H29N3/c1-14(2)10-17(6-3-4-7-17)13-19-12-15-5-8-20-16(9-15)11-18/h5,8-9,14,19H,3-4,6-7,10-13,18H2,1-2H3. The van der Waals surface area contributed by atoms with E-state index >= 15 is 0 Å². The van der Waals surface area contributed by atoms with E-state index in [2.05, 4.69) is 36.3 Å². The average Bonchev–Trinajstić information content (AvgIpc) is 2.87. The van der Waals surface area contributed by atoms with Gasteiger partial charge < -0.3 is 11.1 Å². The number of pyridine rings is 1. The molecule has 1 aliphatic rings. The molecule has 1 fully saturated rings. The van der Waals surface area contributed by atoms with Crippen LogP contribution in [-0.4, -0.2) is 11.5 Å². The molecule has 3 nitrogen and oxygen atoms in total. The van der Waals surface area contributed by atoms with E-state index < -0.39 is 0 Å². The molecule has 112 valence electrons. The molecule has 2 rings (SSSR count). The fourth-order valence-corrected chi connectivity index (χ4v) is 3.67. The van der Waals surface area contributed by atoms with E-state index in [-0.39, 0.29) is 0 Å². The predicted molar refractivity (Wildman–Crippen MR) is 84.2 cm³/mol. The van der Waals surface area contributed by atoms with Crippen molar-refractivity contribution in [1.29, 1.82) is 0 Å². The summed E-state index contributed by atoms with van der Waals surface area (Å²) in [6.45, 7) is 7.28. The van der Waals surface area contributed by atoms with Gasteiger partial charge in [0, 0.05) is 25.8 Å². The molecular weight excluding hydrogens is 246 g/mol. The Balaban J connectivity index is 1.86. The van der Waals surface area contributed by atoms with Gasteiger partial charge in [0.25, 0.3) is 0 Å². The predicted octanol–water partition coefficient (Wildman–Crippen LogP) is 3.24. The van der Waals surface area contributed by atoms with Gasteiger partial charge in [-0.25, -0.2) is 0 Å². The van der Waals surface area contributed by atoms with E-state index in [0.717, 1.165) is 24.7 Å². The zero-order valence-electron chi connectivity index (χ0n) is 13.0. The summed E-state index contributed by atoms with van der Waals surface area (Å²) in [5.74, 6) is 0.791. The van der Waals surface area contributed by atoms with Gasteiger partial charge in [0.15, 0.2) is 0 Å². The van der Waals surface area contributed by atoms with Gasteiger partial charge in [-0.3, -0.25) is 4.98 Å². The second-order valence-electron chi connectivity index (χ2n) is 6.77. The Kier molecular flexibility index (Phi) is 5.55. The highest BCUT2D eigenvalue weighted by atomic mass is 14.9. The maximum Gasteiger partial charge on any atom is 0.0542 e. The molecule has 1 saturated carbocycles. The highest BCUT2D eigenvalue weighted by Gasteiger charge is 2.33. The first-order valence-corrected chi connectivity index (χ1v) is 7.98. The Hall–Kier alpha value is -0.930. The van der Waals surface area contributed by atoms with E-state index in [1.54, 1.807) is 0 Å². The number of nitrogens with zero attached hydrogens (tertiary/aromatic N) is 1. The highest BCUT2D eigenvalue weighted by Crippen LogP contribution is 2.42. The van der Waals surface area contributed by atoms with Gasteiger partial charge in [-0.05, 0) is 48.3 Å². The van der Waals surface area contributed by atoms with Crippen LogP contribution in [0.4, 0.5) is 0 Å². The Morgan fingerprint density at radius 2 is 2.10 bits per heavy atom. The molecule has 0 atom stereocenters. The number of rotatable bonds is 7. The second kappa shape index (κ2) is 7.19. The van der Waals surface area contributed by atoms with Crippen LogP contribution in [0.25, 0.3) is 0 Å². The van der Waals surface area contributed by atoms with Crippen LogP contribution < -0.4 is 11.1 Å². The fourth-order valence-electron chi connectivity index (χ4n) is 3.67. The summed E-state index contributed by atoms with van der Waals surface area (Å²) in [5.41, 5.74) is 8.44. The number of nitrogens with one attached hydrogen (secondary N) is 1. The largest absolute Gasteiger partial charge is 0.325 e. The topological polar surface area (TPSA) is 50.9 Å². The van der Waals surface area contributed by atoms with Crippen LogP contribution in [0.1, 0.15) is 57.2 Å². The number of hydrogen-bond acceptors (Lipinski definition) is 3. The van der Waals surface area contributed by atoms with E-state index in [0.29, 0.717) is 12.0 Å². The normalized spacial score (nSPS) is 17.8. The van der Waals surface area contributed by atoms with Crippen molar-refractivity contribution < 1.29 is 0 Å². The summed E-state index contributed by atoms with van der Waals surface area (Å²) in [7, 11) is 0. The van der Waals surface area contributed by atoms with Crippen molar-refractivity contribution in [2.75, 3.05) is 6.54 Å². The van der Waals surface area contributed by atoms with Crippen molar-refractivity contribution in [1.82, 2.24) is 10.3 Å². The Morgan fingerprint density at radius 3 is 2.75 bits per heavy atom. The van der Waals surface area contributed by atoms with Crippen molar-refractivity contribution >= 4 is 0 Å². The maximum atomic E-state index is 5.64. The van der Waals surface area contributed by atoms with Crippen LogP contribution >= 0.6 is 0 Å². The van der Waals surface area contributed by atoms with Crippen LogP contribution in [0.15, 0.2) is 18.3 Å². The van der Waals surface area contributed by atoms with Crippen molar-refractivity contribution in [2.45, 2.75) is 59.0 Å². The first-order valence-electron chi connectivity index (χ1n) is 7.98. The first kappa shape index (κ1) is 15.5. The fraction of sp³-hybridized carbons (Fsp3) is 0.706. The van der Waals surface area contributed by atoms with E-state index in [4.69, 9.17) is 5.73 Å². The molecule has 1 heterocycles. The van der Waals surface area contributed by atoms with Crippen molar-refractivity contribution in [3.8, 4) is 0 Å². The Bertz CT molecular complexity index is 408. The Labute approximate surface area is 123 Å². The van der Waals surface area contributed by atoms with Crippen LogP contribution in [0, 0.1) is 11.3 Å². The molecule has 0 amide bonds. The van der Waals surface area contributed by atoms with Crippen molar-refractivity contribution in [3.05, 3.63) is 29.6 Å². The molecule has 1 aromatic rings. The van der Waals surface area contributed by atoms with Gasteiger partial charge in [0.2, 0.25) is 0 Å². The molecule has 3 heteroatoms. The second-order valence-corrected chi connectivity index (χ2v) is 6.77. The molecule has 0 unspecified atom stereocenters. The molecule has 1 aliphatic carbocycles. The smallest absolute Gasteiger partial charge is 0.0542 e. The number of hydrogen-bond donors (Lipinski definition) is 2. The lowest BCUT2D eigenvalue weighted by Crippen LogP contribution is -2.33. The molecule has 0 radical (unpaired) electrons. The minimum Gasteiger partial charge on any atom is -0.325 e. The minimum absolute atomic E-state index is 0.519. The molecule has 0 bridgehead atoms. The summed E-state index contributed by atoms with van der Waals surface area (Å²) < 4.78 is 0. The third kappa shape index (κ3) is 4.29. The molecule has 0 spiro atoms. The minimum atomic E-state index is 0.519. The molecular formula is C17H29N3. The van der Waals surface area contributed by atoms with Crippen LogP contribution in [-0.2, 0) is 13.1 Å². The van der Waals surface area contributed by atoms with Crippen LogP contribution in [0.5, 0.6) is 0 Å². The summed E-state index contributed by atoms with van der Waals surface area (Å²) in [4.78, 5) is 4.24. The molecule has 1 aromatic heterocycles. The Morgan fingerprint density at radius 1 is 1.35 bits per heavy atom. The monoisotopic (exact) mass is 275 g/mol. The average molecular weight is 275 g/mol. The zero-order valence-corrected chi connectivity index (χ0v) is 13.0. The van der Waals surface area contributed by atoms with Crippen molar-refractivity contribution in [2.24, 2.45) is 17.1 Å². The van der Waals surface area contributed by atoms with Gasteiger partial charge in [0.05, 0.1) is 5.69 Å². The molecule has 0 saturated heterocycles. The highest BCUT2D eigenvalue weighted by molar-refractivity contribution is 5.16. The van der Waals surface area contributed by atoms with Crippen LogP contribution in [0.3, 0.4) is 0 Å².